The van der Waals surface area contributed by atoms with Gasteiger partial charge in [-0.05, 0) is 70.3 Å². The Balaban J connectivity index is 1.99. The summed E-state index contributed by atoms with van der Waals surface area (Å²) < 4.78 is 0. The van der Waals surface area contributed by atoms with E-state index in [1.54, 1.807) is 0 Å². The van der Waals surface area contributed by atoms with Gasteiger partial charge >= 0.3 is 0 Å². The first-order valence-electron chi connectivity index (χ1n) is 8.48. The summed E-state index contributed by atoms with van der Waals surface area (Å²) in [5.41, 5.74) is 0.223. The third kappa shape index (κ3) is 5.37. The first-order valence-corrected chi connectivity index (χ1v) is 9.36. The van der Waals surface area contributed by atoms with E-state index in [-0.39, 0.29) is 5.54 Å². The van der Waals surface area contributed by atoms with Crippen molar-refractivity contribution in [2.24, 2.45) is 23.7 Å². The van der Waals surface area contributed by atoms with E-state index in [1.165, 1.54) is 30.7 Å². The van der Waals surface area contributed by atoms with Crippen LogP contribution in [0.4, 0.5) is 0 Å². The van der Waals surface area contributed by atoms with Crippen LogP contribution in [0.5, 0.6) is 0 Å². The largest absolute Gasteiger partial charge is 0.312 e. The second-order valence-corrected chi connectivity index (χ2v) is 9.08. The molecule has 0 bridgehead atoms. The van der Waals surface area contributed by atoms with Gasteiger partial charge in [-0.1, -0.05) is 13.8 Å². The maximum Gasteiger partial charge on any atom is 0.0927 e. The zero-order valence-electron chi connectivity index (χ0n) is 14.4. The van der Waals surface area contributed by atoms with E-state index in [0.29, 0.717) is 0 Å². The fourth-order valence-corrected chi connectivity index (χ4v) is 4.21. The lowest BCUT2D eigenvalue weighted by Crippen LogP contribution is -2.43. The van der Waals surface area contributed by atoms with Gasteiger partial charge in [-0.2, -0.15) is 0 Å². The molecule has 0 aromatic carbocycles. The van der Waals surface area contributed by atoms with E-state index in [0.717, 1.165) is 30.2 Å². The molecular formula is C18H32N2S. The Labute approximate surface area is 134 Å². The minimum absolute atomic E-state index is 0.223. The molecule has 0 amide bonds. The highest BCUT2D eigenvalue weighted by Crippen LogP contribution is 2.39. The van der Waals surface area contributed by atoms with Crippen molar-refractivity contribution in [2.75, 3.05) is 6.54 Å². The zero-order valence-corrected chi connectivity index (χ0v) is 15.2. The van der Waals surface area contributed by atoms with Crippen LogP contribution in [0.3, 0.4) is 0 Å². The predicted octanol–water partition coefficient (Wildman–Crippen LogP) is 4.76. The molecule has 0 spiro atoms. The van der Waals surface area contributed by atoms with Crippen molar-refractivity contribution in [3.05, 3.63) is 16.6 Å². The first-order chi connectivity index (χ1) is 9.85. The molecule has 2 nitrogen and oxygen atoms in total. The molecule has 0 aliphatic heterocycles. The summed E-state index contributed by atoms with van der Waals surface area (Å²) in [6, 6.07) is 0. The summed E-state index contributed by atoms with van der Waals surface area (Å²) in [5, 5.41) is 7.16. The van der Waals surface area contributed by atoms with Crippen LogP contribution in [0.25, 0.3) is 0 Å². The van der Waals surface area contributed by atoms with Gasteiger partial charge in [-0.15, -0.1) is 11.3 Å². The molecule has 1 aromatic rings. The summed E-state index contributed by atoms with van der Waals surface area (Å²) in [4.78, 5) is 4.52. The molecule has 1 N–H and O–H groups in total. The molecule has 1 heterocycles. The Morgan fingerprint density at radius 2 is 2.05 bits per heavy atom. The van der Waals surface area contributed by atoms with Gasteiger partial charge < -0.3 is 5.32 Å². The molecule has 3 atom stereocenters. The molecule has 1 aliphatic carbocycles. The van der Waals surface area contributed by atoms with E-state index in [1.807, 2.05) is 17.5 Å². The number of rotatable bonds is 5. The van der Waals surface area contributed by atoms with Crippen LogP contribution in [-0.4, -0.2) is 17.1 Å². The van der Waals surface area contributed by atoms with Gasteiger partial charge in [-0.25, -0.2) is 4.98 Å². The molecule has 1 aliphatic rings. The second kappa shape index (κ2) is 7.23. The molecule has 1 aromatic heterocycles. The second-order valence-electron chi connectivity index (χ2n) is 8.10. The van der Waals surface area contributed by atoms with E-state index < -0.39 is 0 Å². The quantitative estimate of drug-likeness (QED) is 0.848. The number of nitrogens with zero attached hydrogens (tertiary/aromatic N) is 1. The van der Waals surface area contributed by atoms with Gasteiger partial charge in [0.25, 0.3) is 0 Å². The average molecular weight is 309 g/mol. The highest BCUT2D eigenvalue weighted by molar-refractivity contribution is 7.09. The van der Waals surface area contributed by atoms with Gasteiger partial charge in [0.1, 0.15) is 0 Å². The number of nitrogens with one attached hydrogen (secondary N) is 1. The minimum Gasteiger partial charge on any atom is -0.312 e. The minimum atomic E-state index is 0.223. The summed E-state index contributed by atoms with van der Waals surface area (Å²) in [6.45, 7) is 12.7. The molecule has 1 saturated carbocycles. The fourth-order valence-electron chi connectivity index (χ4n) is 3.50. The molecule has 3 unspecified atom stereocenters. The zero-order chi connectivity index (χ0) is 15.5. The Hall–Kier alpha value is -0.410. The van der Waals surface area contributed by atoms with E-state index >= 15 is 0 Å². The Bertz CT molecular complexity index is 405. The van der Waals surface area contributed by atoms with E-state index in [9.17, 15) is 0 Å². The monoisotopic (exact) mass is 308 g/mol. The van der Waals surface area contributed by atoms with Crippen LogP contribution in [-0.2, 0) is 6.42 Å². The lowest BCUT2D eigenvalue weighted by Gasteiger charge is -2.39. The lowest BCUT2D eigenvalue weighted by molar-refractivity contribution is 0.138. The van der Waals surface area contributed by atoms with Gasteiger partial charge in [0.2, 0.25) is 0 Å². The summed E-state index contributed by atoms with van der Waals surface area (Å²) in [6.07, 6.45) is 7.29. The Morgan fingerprint density at radius 1 is 1.29 bits per heavy atom. The lowest BCUT2D eigenvalue weighted by atomic mass is 9.69. The van der Waals surface area contributed by atoms with Gasteiger partial charge in [0, 0.05) is 23.5 Å². The van der Waals surface area contributed by atoms with Crippen LogP contribution in [0.2, 0.25) is 0 Å². The molecule has 3 heteroatoms. The molecule has 21 heavy (non-hydrogen) atoms. The number of thiazole rings is 1. The SMILES string of the molecule is CC(C)C1CCC(CNC(C)(C)C)C(Cc2nccs2)C1. The van der Waals surface area contributed by atoms with E-state index in [4.69, 9.17) is 0 Å². The van der Waals surface area contributed by atoms with Crippen LogP contribution < -0.4 is 5.32 Å². The number of aromatic nitrogens is 1. The summed E-state index contributed by atoms with van der Waals surface area (Å²) >= 11 is 1.82. The van der Waals surface area contributed by atoms with Gasteiger partial charge in [-0.3, -0.25) is 0 Å². The molecule has 2 rings (SSSR count). The van der Waals surface area contributed by atoms with Crippen LogP contribution in [0.1, 0.15) is 58.9 Å². The third-order valence-corrected chi connectivity index (χ3v) is 5.74. The van der Waals surface area contributed by atoms with Crippen LogP contribution >= 0.6 is 11.3 Å². The van der Waals surface area contributed by atoms with E-state index in [2.05, 4.69) is 50.3 Å². The number of hydrogen-bond donors (Lipinski definition) is 1. The van der Waals surface area contributed by atoms with Crippen LogP contribution in [0, 0.1) is 23.7 Å². The average Bonchev–Trinajstić information content (AvgIpc) is 2.89. The van der Waals surface area contributed by atoms with Crippen molar-refractivity contribution < 1.29 is 0 Å². The smallest absolute Gasteiger partial charge is 0.0927 e. The Morgan fingerprint density at radius 3 is 2.62 bits per heavy atom. The maximum atomic E-state index is 4.52. The topological polar surface area (TPSA) is 24.9 Å². The Kier molecular flexibility index (Phi) is 5.84. The van der Waals surface area contributed by atoms with Crippen LogP contribution in [0.15, 0.2) is 11.6 Å². The highest BCUT2D eigenvalue weighted by atomic mass is 32.1. The molecule has 120 valence electrons. The standard InChI is InChI=1S/C18H32N2S/c1-13(2)14-6-7-15(12-20-18(3,4)5)16(10-14)11-17-19-8-9-21-17/h8-9,13-16,20H,6-7,10-12H2,1-5H3. The summed E-state index contributed by atoms with van der Waals surface area (Å²) in [7, 11) is 0. The molecule has 0 saturated heterocycles. The predicted molar refractivity (Wildman–Crippen MR) is 92.7 cm³/mol. The van der Waals surface area contributed by atoms with Gasteiger partial charge in [0.05, 0.1) is 5.01 Å². The van der Waals surface area contributed by atoms with Crippen molar-refractivity contribution in [1.82, 2.24) is 10.3 Å². The normalized spacial score (nSPS) is 27.2. The summed E-state index contributed by atoms with van der Waals surface area (Å²) in [5.74, 6) is 3.33. The van der Waals surface area contributed by atoms with Crippen molar-refractivity contribution in [3.8, 4) is 0 Å². The van der Waals surface area contributed by atoms with Crippen molar-refractivity contribution >= 4 is 11.3 Å². The van der Waals surface area contributed by atoms with Crippen molar-refractivity contribution in [2.45, 2.75) is 65.8 Å². The van der Waals surface area contributed by atoms with Crippen molar-refractivity contribution in [1.29, 1.82) is 0 Å². The first kappa shape index (κ1) is 17.0. The number of hydrogen-bond acceptors (Lipinski definition) is 3. The molecule has 1 fully saturated rings. The molecular weight excluding hydrogens is 276 g/mol. The molecule has 0 radical (unpaired) electrons. The highest BCUT2D eigenvalue weighted by Gasteiger charge is 2.32. The third-order valence-electron chi connectivity index (χ3n) is 4.94. The van der Waals surface area contributed by atoms with Crippen molar-refractivity contribution in [3.63, 3.8) is 0 Å². The van der Waals surface area contributed by atoms with Gasteiger partial charge in [0.15, 0.2) is 0 Å². The maximum absolute atomic E-state index is 4.52. The fraction of sp³-hybridized carbons (Fsp3) is 0.833.